The van der Waals surface area contributed by atoms with E-state index in [-0.39, 0.29) is 19.3 Å². The number of nitrogens with zero attached hydrogens (tertiary/aromatic N) is 1. The first kappa shape index (κ1) is 18.9. The van der Waals surface area contributed by atoms with Crippen LogP contribution in [-0.4, -0.2) is 30.5 Å². The minimum atomic E-state index is -4.64. The molecule has 2 rings (SSSR count). The molecular weight excluding hydrogens is 296 g/mol. The highest BCUT2D eigenvalue weighted by atomic mass is 32.1. The Morgan fingerprint density at radius 2 is 2.10 bits per heavy atom. The van der Waals surface area contributed by atoms with E-state index in [1.807, 2.05) is 0 Å². The number of aldehydes is 1. The fraction of sp³-hybridized carbons (Fsp3) is 0.500. The Hall–Kier alpha value is -1.15. The lowest BCUT2D eigenvalue weighted by Gasteiger charge is -2.07. The van der Waals surface area contributed by atoms with Gasteiger partial charge in [-0.1, -0.05) is 0 Å². The van der Waals surface area contributed by atoms with Crippen molar-refractivity contribution in [2.75, 3.05) is 13.1 Å². The van der Waals surface area contributed by atoms with E-state index in [0.29, 0.717) is 5.92 Å². The number of nitrogens with one attached hydrogen (secondary N) is 1. The van der Waals surface area contributed by atoms with E-state index < -0.39 is 12.5 Å². The van der Waals surface area contributed by atoms with Crippen LogP contribution >= 0.6 is 13.5 Å². The summed E-state index contributed by atoms with van der Waals surface area (Å²) in [7, 11) is 0. The molecule has 1 aromatic rings. The van der Waals surface area contributed by atoms with Crippen molar-refractivity contribution < 1.29 is 22.4 Å². The number of aromatic nitrogens is 1. The quantitative estimate of drug-likeness (QED) is 0.673. The number of alkyl halides is 3. The van der Waals surface area contributed by atoms with Crippen molar-refractivity contribution in [3.8, 4) is 0 Å². The molecule has 0 saturated carbocycles. The fourth-order valence-electron chi connectivity index (χ4n) is 1.77. The van der Waals surface area contributed by atoms with E-state index >= 15 is 0 Å². The van der Waals surface area contributed by atoms with Gasteiger partial charge in [0.15, 0.2) is 0 Å². The third-order valence-electron chi connectivity index (χ3n) is 2.66. The zero-order valence-electron chi connectivity index (χ0n) is 10.6. The molecule has 0 unspecified atom stereocenters. The smallest absolute Gasteiger partial charge is 0.316 e. The average Bonchev–Trinajstić information content (AvgIpc) is 2.85. The summed E-state index contributed by atoms with van der Waals surface area (Å²) >= 11 is 0. The second kappa shape index (κ2) is 8.91. The number of rotatable bonds is 2. The van der Waals surface area contributed by atoms with Gasteiger partial charge in [0.25, 0.3) is 0 Å². The van der Waals surface area contributed by atoms with Gasteiger partial charge in [0.05, 0.1) is 6.20 Å². The van der Waals surface area contributed by atoms with Crippen molar-refractivity contribution in [3.63, 3.8) is 0 Å². The maximum absolute atomic E-state index is 13.2. The van der Waals surface area contributed by atoms with Crippen LogP contribution < -0.4 is 5.32 Å². The van der Waals surface area contributed by atoms with Gasteiger partial charge >= 0.3 is 6.18 Å². The molecule has 114 valence electrons. The van der Waals surface area contributed by atoms with Crippen LogP contribution in [0.3, 0.4) is 0 Å². The van der Waals surface area contributed by atoms with Crippen molar-refractivity contribution in [1.29, 1.82) is 0 Å². The van der Waals surface area contributed by atoms with E-state index in [0.717, 1.165) is 31.5 Å². The SMILES string of the molecule is Fc1cnccc1C[C@H]1CCNC1.O=CC(F)(F)F.S. The van der Waals surface area contributed by atoms with Gasteiger partial charge in [-0.3, -0.25) is 9.78 Å². The van der Waals surface area contributed by atoms with E-state index in [2.05, 4.69) is 10.3 Å². The highest BCUT2D eigenvalue weighted by molar-refractivity contribution is 7.59. The minimum Gasteiger partial charge on any atom is -0.316 e. The molecule has 1 aliphatic rings. The summed E-state index contributed by atoms with van der Waals surface area (Å²) in [5, 5.41) is 3.27. The molecule has 0 aliphatic carbocycles. The zero-order chi connectivity index (χ0) is 14.3. The third-order valence-corrected chi connectivity index (χ3v) is 2.66. The standard InChI is InChI=1S/C10H13FN2.C2HF3O.H2S/c11-10-7-13-4-2-9(10)5-8-1-3-12-6-8;3-2(4,5)1-6;/h2,4,7-8,12H,1,3,5-6H2;1H;1H2/t8-;;/m1../s1. The molecule has 0 bridgehead atoms. The summed E-state index contributed by atoms with van der Waals surface area (Å²) in [6.45, 7) is 2.08. The van der Waals surface area contributed by atoms with Gasteiger partial charge in [-0.15, -0.1) is 0 Å². The number of hydrogen-bond acceptors (Lipinski definition) is 3. The molecule has 0 amide bonds. The first-order valence-electron chi connectivity index (χ1n) is 5.74. The monoisotopic (exact) mass is 312 g/mol. The first-order valence-corrected chi connectivity index (χ1v) is 5.74. The molecule has 8 heteroatoms. The highest BCUT2D eigenvalue weighted by Crippen LogP contribution is 2.16. The zero-order valence-corrected chi connectivity index (χ0v) is 11.6. The van der Waals surface area contributed by atoms with Gasteiger partial charge in [0, 0.05) is 6.20 Å². The van der Waals surface area contributed by atoms with Crippen molar-refractivity contribution >= 4 is 19.8 Å². The summed E-state index contributed by atoms with van der Waals surface area (Å²) in [6.07, 6.45) is -0.769. The van der Waals surface area contributed by atoms with Crippen LogP contribution in [0.4, 0.5) is 17.6 Å². The Morgan fingerprint density at radius 3 is 2.55 bits per heavy atom. The maximum Gasteiger partial charge on any atom is 0.446 e. The summed E-state index contributed by atoms with van der Waals surface area (Å²) in [5.41, 5.74) is 0.795. The van der Waals surface area contributed by atoms with Crippen molar-refractivity contribution in [3.05, 3.63) is 29.8 Å². The van der Waals surface area contributed by atoms with Gasteiger partial charge < -0.3 is 5.32 Å². The van der Waals surface area contributed by atoms with Crippen LogP contribution in [0.15, 0.2) is 18.5 Å². The van der Waals surface area contributed by atoms with Crippen LogP contribution in [0.25, 0.3) is 0 Å². The Morgan fingerprint density at radius 1 is 1.45 bits per heavy atom. The minimum absolute atomic E-state index is 0. The maximum atomic E-state index is 13.2. The first-order chi connectivity index (χ1) is 8.92. The lowest BCUT2D eigenvalue weighted by Crippen LogP contribution is -2.11. The molecule has 1 aromatic heterocycles. The molecule has 0 spiro atoms. The molecule has 0 aromatic carbocycles. The topological polar surface area (TPSA) is 42.0 Å². The number of carbonyl (C=O) groups is 1. The van der Waals surface area contributed by atoms with Gasteiger partial charge in [-0.2, -0.15) is 26.7 Å². The lowest BCUT2D eigenvalue weighted by molar-refractivity contribution is -0.156. The summed E-state index contributed by atoms with van der Waals surface area (Å²) in [6, 6.07) is 1.77. The lowest BCUT2D eigenvalue weighted by atomic mass is 9.99. The summed E-state index contributed by atoms with van der Waals surface area (Å²) < 4.78 is 44.4. The van der Waals surface area contributed by atoms with E-state index in [4.69, 9.17) is 4.79 Å². The predicted molar refractivity (Wildman–Crippen MR) is 71.4 cm³/mol. The van der Waals surface area contributed by atoms with Crippen molar-refractivity contribution in [2.24, 2.45) is 5.92 Å². The molecule has 0 radical (unpaired) electrons. The van der Waals surface area contributed by atoms with Crippen LogP contribution in [0.2, 0.25) is 0 Å². The summed E-state index contributed by atoms with van der Waals surface area (Å²) in [5.74, 6) is 0.422. The fourth-order valence-corrected chi connectivity index (χ4v) is 1.77. The molecule has 3 nitrogen and oxygen atoms in total. The number of pyridine rings is 1. The number of halogens is 4. The van der Waals surface area contributed by atoms with Crippen LogP contribution in [-0.2, 0) is 11.2 Å². The Kier molecular flexibility index (Phi) is 8.40. The Labute approximate surface area is 121 Å². The van der Waals surface area contributed by atoms with Crippen LogP contribution in [0.1, 0.15) is 12.0 Å². The highest BCUT2D eigenvalue weighted by Gasteiger charge is 2.24. The van der Waals surface area contributed by atoms with E-state index in [1.54, 1.807) is 12.3 Å². The Balaban J connectivity index is 0.000000448. The summed E-state index contributed by atoms with van der Waals surface area (Å²) in [4.78, 5) is 12.4. The van der Waals surface area contributed by atoms with Crippen LogP contribution in [0, 0.1) is 11.7 Å². The predicted octanol–water partition coefficient (Wildman–Crippen LogP) is 2.23. The third kappa shape index (κ3) is 7.44. The second-order valence-electron chi connectivity index (χ2n) is 4.19. The van der Waals surface area contributed by atoms with Crippen molar-refractivity contribution in [1.82, 2.24) is 10.3 Å². The molecular formula is C12H16F4N2OS. The largest absolute Gasteiger partial charge is 0.446 e. The molecule has 1 atom stereocenters. The van der Waals surface area contributed by atoms with Gasteiger partial charge in [-0.05, 0) is 43.5 Å². The molecule has 1 N–H and O–H groups in total. The van der Waals surface area contributed by atoms with Gasteiger partial charge in [0.1, 0.15) is 5.82 Å². The van der Waals surface area contributed by atoms with Crippen LogP contribution in [0.5, 0.6) is 0 Å². The molecule has 2 heterocycles. The Bertz CT molecular complexity index is 409. The van der Waals surface area contributed by atoms with E-state index in [9.17, 15) is 17.6 Å². The van der Waals surface area contributed by atoms with Gasteiger partial charge in [0.2, 0.25) is 6.29 Å². The number of carbonyl (C=O) groups excluding carboxylic acids is 1. The van der Waals surface area contributed by atoms with Crippen molar-refractivity contribution in [2.45, 2.75) is 19.0 Å². The average molecular weight is 312 g/mol. The normalized spacial score (nSPS) is 17.7. The molecule has 1 fully saturated rings. The van der Waals surface area contributed by atoms with E-state index in [1.165, 1.54) is 6.20 Å². The second-order valence-corrected chi connectivity index (χ2v) is 4.19. The van der Waals surface area contributed by atoms with Gasteiger partial charge in [-0.25, -0.2) is 4.39 Å². The molecule has 1 aliphatic heterocycles. The molecule has 1 saturated heterocycles. The number of hydrogen-bond donors (Lipinski definition) is 1. The molecule has 20 heavy (non-hydrogen) atoms.